The SMILES string of the molecule is CCn1ncc2c(N3CC4CCC(C3)O4)nc(-c3ccc(NC(=O)N(CCCN(C)C)N(C(=O)NCCN4CCN(C)CC4)c4ccc(-c5nc(N6CC7CCC(C6)O7)c6cnn(CC)c6n5)cc4)cc3)nc21. The number of amides is 4. The van der Waals surface area contributed by atoms with Gasteiger partial charge in [0.15, 0.2) is 22.9 Å². The topological polar surface area (TPSA) is 187 Å². The lowest BCUT2D eigenvalue weighted by molar-refractivity contribution is 0.0301. The molecule has 2 aromatic carbocycles. The minimum Gasteiger partial charge on any atom is -0.371 e. The Morgan fingerprint density at radius 1 is 0.658 bits per heavy atom. The zero-order valence-corrected chi connectivity index (χ0v) is 42.9. The molecule has 4 atom stereocenters. The maximum absolute atomic E-state index is 14.8. The highest BCUT2D eigenvalue weighted by molar-refractivity contribution is 5.99. The van der Waals surface area contributed by atoms with Crippen LogP contribution in [0.3, 0.4) is 0 Å². The van der Waals surface area contributed by atoms with Crippen molar-refractivity contribution in [3.63, 3.8) is 0 Å². The van der Waals surface area contributed by atoms with Crippen molar-refractivity contribution in [3.05, 3.63) is 60.9 Å². The smallest absolute Gasteiger partial charge is 0.341 e. The first kappa shape index (κ1) is 48.7. The average Bonchev–Trinajstić information content (AvgIpc) is 4.20. The van der Waals surface area contributed by atoms with Crippen LogP contribution in [-0.4, -0.2) is 195 Å². The Balaban J connectivity index is 0.885. The molecule has 5 aliphatic heterocycles. The normalized spacial score (nSPS) is 21.2. The van der Waals surface area contributed by atoms with E-state index in [0.717, 1.165) is 123 Å². The number of hydrogen-bond acceptors (Lipinski definition) is 15. The number of hydrazine groups is 1. The Hall–Kier alpha value is -6.52. The molecule has 9 heterocycles. The van der Waals surface area contributed by atoms with Crippen molar-refractivity contribution in [1.29, 1.82) is 0 Å². The number of urea groups is 2. The number of morpholine rings is 2. The fourth-order valence-corrected chi connectivity index (χ4v) is 11.0. The Labute approximate surface area is 426 Å². The Morgan fingerprint density at radius 3 is 1.66 bits per heavy atom. The molecule has 5 aliphatic rings. The first-order valence-electron chi connectivity index (χ1n) is 26.3. The second kappa shape index (κ2) is 21.1. The predicted molar refractivity (Wildman–Crippen MR) is 282 cm³/mol. The van der Waals surface area contributed by atoms with Crippen LogP contribution >= 0.6 is 0 Å². The molecule has 4 bridgehead atoms. The molecule has 11 rings (SSSR count). The molecule has 386 valence electrons. The molecular weight excluding hydrogens is 927 g/mol. The summed E-state index contributed by atoms with van der Waals surface area (Å²) in [6.45, 7) is 14.4. The Kier molecular flexibility index (Phi) is 14.1. The number of carbonyl (C=O) groups excluding carboxylic acids is 2. The summed E-state index contributed by atoms with van der Waals surface area (Å²) in [6.07, 6.45) is 9.29. The van der Waals surface area contributed by atoms with Crippen molar-refractivity contribution in [3.8, 4) is 22.8 Å². The van der Waals surface area contributed by atoms with Gasteiger partial charge in [0.2, 0.25) is 0 Å². The number of ether oxygens (including phenoxy) is 2. The van der Waals surface area contributed by atoms with E-state index in [2.05, 4.69) is 66.2 Å². The summed E-state index contributed by atoms with van der Waals surface area (Å²) in [5.41, 5.74) is 4.21. The van der Waals surface area contributed by atoms with Crippen LogP contribution in [0.2, 0.25) is 0 Å². The number of anilines is 4. The minimum absolute atomic E-state index is 0.181. The Morgan fingerprint density at radius 2 is 1.16 bits per heavy atom. The molecule has 4 unspecified atom stereocenters. The predicted octanol–water partition coefficient (Wildman–Crippen LogP) is 5.24. The molecule has 73 heavy (non-hydrogen) atoms. The maximum atomic E-state index is 14.8. The van der Waals surface area contributed by atoms with Gasteiger partial charge in [-0.3, -0.25) is 4.90 Å². The monoisotopic (exact) mass is 996 g/mol. The molecule has 0 radical (unpaired) electrons. The van der Waals surface area contributed by atoms with Gasteiger partial charge in [-0.2, -0.15) is 15.2 Å². The number of aryl methyl sites for hydroxylation is 2. The molecule has 0 saturated carbocycles. The van der Waals surface area contributed by atoms with E-state index in [-0.39, 0.29) is 31.0 Å². The lowest BCUT2D eigenvalue weighted by Gasteiger charge is -2.36. The van der Waals surface area contributed by atoms with Crippen LogP contribution in [-0.2, 0) is 22.6 Å². The van der Waals surface area contributed by atoms with Gasteiger partial charge in [-0.1, -0.05) is 0 Å². The van der Waals surface area contributed by atoms with Gasteiger partial charge in [0.25, 0.3) is 0 Å². The number of nitrogens with zero attached hydrogens (tertiary/aromatic N) is 15. The highest BCUT2D eigenvalue weighted by Crippen LogP contribution is 2.36. The van der Waals surface area contributed by atoms with Crippen molar-refractivity contribution in [2.75, 3.05) is 120 Å². The summed E-state index contributed by atoms with van der Waals surface area (Å²) in [6, 6.07) is 14.3. The summed E-state index contributed by atoms with van der Waals surface area (Å²) in [4.78, 5) is 61.4. The third-order valence-electron chi connectivity index (χ3n) is 14.9. The number of benzene rings is 2. The summed E-state index contributed by atoms with van der Waals surface area (Å²) < 4.78 is 16.2. The number of carbonyl (C=O) groups is 2. The minimum atomic E-state index is -0.454. The van der Waals surface area contributed by atoms with Crippen molar-refractivity contribution >= 4 is 57.1 Å². The van der Waals surface area contributed by atoms with E-state index in [1.807, 2.05) is 84.4 Å². The maximum Gasteiger partial charge on any atom is 0.341 e. The number of fused-ring (bicyclic) bond motifs is 6. The third-order valence-corrected chi connectivity index (χ3v) is 14.9. The summed E-state index contributed by atoms with van der Waals surface area (Å²) in [5, 5.41) is 20.4. The number of nitrogens with one attached hydrogen (secondary N) is 2. The van der Waals surface area contributed by atoms with Gasteiger partial charge in [0.1, 0.15) is 11.6 Å². The van der Waals surface area contributed by atoms with Crippen LogP contribution in [0, 0.1) is 0 Å². The van der Waals surface area contributed by atoms with Crippen LogP contribution in [0.1, 0.15) is 46.0 Å². The lowest BCUT2D eigenvalue weighted by atomic mass is 10.1. The van der Waals surface area contributed by atoms with E-state index in [1.165, 1.54) is 10.0 Å². The fourth-order valence-electron chi connectivity index (χ4n) is 11.0. The Bertz CT molecular complexity index is 2880. The number of aromatic nitrogens is 8. The molecular formula is C52H69N17O4. The van der Waals surface area contributed by atoms with Crippen LogP contribution in [0.15, 0.2) is 60.9 Å². The van der Waals surface area contributed by atoms with Crippen molar-refractivity contribution < 1.29 is 19.1 Å². The van der Waals surface area contributed by atoms with E-state index in [9.17, 15) is 9.59 Å². The molecule has 0 aliphatic carbocycles. The highest BCUT2D eigenvalue weighted by atomic mass is 16.5. The van der Waals surface area contributed by atoms with Crippen molar-refractivity contribution in [2.45, 2.75) is 83.5 Å². The van der Waals surface area contributed by atoms with Crippen molar-refractivity contribution in [2.24, 2.45) is 0 Å². The fraction of sp³-hybridized carbons (Fsp3) is 0.538. The highest BCUT2D eigenvalue weighted by Gasteiger charge is 2.37. The molecule has 21 heteroatoms. The van der Waals surface area contributed by atoms with E-state index in [4.69, 9.17) is 29.4 Å². The molecule has 6 aromatic rings. The van der Waals surface area contributed by atoms with Gasteiger partial charge < -0.3 is 39.7 Å². The van der Waals surface area contributed by atoms with Gasteiger partial charge in [-0.15, -0.1) is 0 Å². The van der Waals surface area contributed by atoms with Gasteiger partial charge in [-0.25, -0.2) is 43.9 Å². The first-order valence-corrected chi connectivity index (χ1v) is 26.3. The largest absolute Gasteiger partial charge is 0.371 e. The quantitative estimate of drug-likeness (QED) is 0.127. The summed E-state index contributed by atoms with van der Waals surface area (Å²) in [7, 11) is 6.13. The van der Waals surface area contributed by atoms with Crippen LogP contribution in [0.4, 0.5) is 32.6 Å². The standard InChI is InChI=1S/C52H69N17O4/c1-6-66-49-43(29-54-66)47(64-31-39-17-18-40(32-64)72-39)57-45(59-49)35-9-13-37(14-10-35)56-52(71)68(23-8-22-61(3)4)69(51(70)53-21-24-63-27-25-62(5)26-28-63)38-15-11-36(12-16-38)46-58-48(44-30-55-67(7-2)50(44)60-46)65-33-41-19-20-42(34-65)73-41/h9-16,29-30,39-42H,6-8,17-28,31-34H2,1-5H3,(H,53,70)(H,56,71). The average molecular weight is 996 g/mol. The molecule has 21 nitrogen and oxygen atoms in total. The number of likely N-dealkylation sites (N-methyl/N-ethyl adjacent to an activating group) is 1. The van der Waals surface area contributed by atoms with Crippen LogP contribution in [0.25, 0.3) is 44.8 Å². The summed E-state index contributed by atoms with van der Waals surface area (Å²) in [5.74, 6) is 2.85. The molecule has 4 aromatic heterocycles. The van der Waals surface area contributed by atoms with Crippen LogP contribution < -0.4 is 25.4 Å². The van der Waals surface area contributed by atoms with E-state index in [1.54, 1.807) is 0 Å². The molecule has 0 spiro atoms. The van der Waals surface area contributed by atoms with Gasteiger partial charge in [-0.05, 0) is 122 Å². The number of piperazine rings is 1. The van der Waals surface area contributed by atoms with Crippen LogP contribution in [0.5, 0.6) is 0 Å². The van der Waals surface area contributed by atoms with Gasteiger partial charge >= 0.3 is 12.1 Å². The van der Waals surface area contributed by atoms with E-state index < -0.39 is 12.1 Å². The van der Waals surface area contributed by atoms with E-state index >= 15 is 0 Å². The number of hydrogen-bond donors (Lipinski definition) is 2. The second-order valence-corrected chi connectivity index (χ2v) is 20.4. The van der Waals surface area contributed by atoms with Gasteiger partial charge in [0.05, 0.1) is 53.3 Å². The van der Waals surface area contributed by atoms with E-state index in [0.29, 0.717) is 62.2 Å². The first-order chi connectivity index (χ1) is 35.6. The molecule has 2 N–H and O–H groups in total. The second-order valence-electron chi connectivity index (χ2n) is 20.4. The third kappa shape index (κ3) is 10.4. The molecule has 5 saturated heterocycles. The van der Waals surface area contributed by atoms with Crippen molar-refractivity contribution in [1.82, 2.24) is 64.5 Å². The molecule has 4 amide bonds. The zero-order valence-electron chi connectivity index (χ0n) is 42.9. The van der Waals surface area contributed by atoms with Gasteiger partial charge in [0, 0.05) is 102 Å². The molecule has 5 fully saturated rings. The number of rotatable bonds is 15. The lowest BCUT2D eigenvalue weighted by Crippen LogP contribution is -2.56. The zero-order chi connectivity index (χ0) is 50.2. The summed E-state index contributed by atoms with van der Waals surface area (Å²) >= 11 is 0.